The van der Waals surface area contributed by atoms with Gasteiger partial charge in [-0.3, -0.25) is 4.79 Å². The molecule has 0 saturated carbocycles. The monoisotopic (exact) mass is 294 g/mol. The van der Waals surface area contributed by atoms with E-state index < -0.39 is 0 Å². The maximum Gasteiger partial charge on any atom is 0.223 e. The minimum atomic E-state index is 0.0964. The van der Waals surface area contributed by atoms with Crippen molar-refractivity contribution in [1.29, 1.82) is 0 Å². The number of nitrogens with one attached hydrogen (secondary N) is 1. The first-order valence-corrected chi connectivity index (χ1v) is 7.49. The van der Waals surface area contributed by atoms with Gasteiger partial charge in [-0.1, -0.05) is 17.7 Å². The molecule has 3 rings (SSSR count). The van der Waals surface area contributed by atoms with Crippen molar-refractivity contribution < 1.29 is 9.53 Å². The number of halogens is 1. The number of rotatable bonds is 4. The van der Waals surface area contributed by atoms with Gasteiger partial charge in [0.15, 0.2) is 0 Å². The Morgan fingerprint density at radius 1 is 1.45 bits per heavy atom. The number of hydrogen-bond acceptors (Lipinski definition) is 3. The van der Waals surface area contributed by atoms with Crippen molar-refractivity contribution in [1.82, 2.24) is 10.2 Å². The lowest BCUT2D eigenvalue weighted by Crippen LogP contribution is -2.56. The zero-order valence-electron chi connectivity index (χ0n) is 11.3. The standard InChI is InChI=1S/C15H19ClN2O2/c16-12-2-1-3-13(7-12)20-14-9-18(10-14)15(19)6-11-4-5-17-8-11/h1-3,7,11,14,17H,4-6,8-10H2/t11-/m0/s1. The summed E-state index contributed by atoms with van der Waals surface area (Å²) in [4.78, 5) is 13.9. The number of nitrogens with zero attached hydrogens (tertiary/aromatic N) is 1. The fraction of sp³-hybridized carbons (Fsp3) is 0.533. The Kier molecular flexibility index (Phi) is 4.13. The molecule has 2 aliphatic heterocycles. The summed E-state index contributed by atoms with van der Waals surface area (Å²) < 4.78 is 5.79. The topological polar surface area (TPSA) is 41.6 Å². The summed E-state index contributed by atoms with van der Waals surface area (Å²) in [5.74, 6) is 1.54. The second-order valence-electron chi connectivity index (χ2n) is 5.56. The van der Waals surface area contributed by atoms with Crippen molar-refractivity contribution in [2.75, 3.05) is 26.2 Å². The van der Waals surface area contributed by atoms with Gasteiger partial charge < -0.3 is 15.0 Å². The Morgan fingerprint density at radius 3 is 3.00 bits per heavy atom. The summed E-state index contributed by atoms with van der Waals surface area (Å²) in [6.07, 6.45) is 1.87. The van der Waals surface area contributed by atoms with Crippen molar-refractivity contribution in [2.24, 2.45) is 5.92 Å². The quantitative estimate of drug-likeness (QED) is 0.922. The lowest BCUT2D eigenvalue weighted by molar-refractivity contribution is -0.140. The number of ether oxygens (including phenoxy) is 1. The molecule has 2 fully saturated rings. The number of benzene rings is 1. The van der Waals surface area contributed by atoms with Gasteiger partial charge in [0.2, 0.25) is 5.91 Å². The zero-order valence-corrected chi connectivity index (χ0v) is 12.1. The summed E-state index contributed by atoms with van der Waals surface area (Å²) in [5, 5.41) is 3.96. The third-order valence-corrected chi connectivity index (χ3v) is 4.16. The van der Waals surface area contributed by atoms with Gasteiger partial charge in [-0.25, -0.2) is 0 Å². The molecule has 0 radical (unpaired) electrons. The molecule has 1 N–H and O–H groups in total. The third kappa shape index (κ3) is 3.25. The highest BCUT2D eigenvalue weighted by Gasteiger charge is 2.33. The van der Waals surface area contributed by atoms with Gasteiger partial charge in [-0.2, -0.15) is 0 Å². The molecular formula is C15H19ClN2O2. The Labute approximate surface area is 124 Å². The van der Waals surface area contributed by atoms with E-state index in [1.807, 2.05) is 23.1 Å². The van der Waals surface area contributed by atoms with Crippen LogP contribution in [0.3, 0.4) is 0 Å². The second kappa shape index (κ2) is 6.02. The first-order valence-electron chi connectivity index (χ1n) is 7.11. The molecule has 2 saturated heterocycles. The van der Waals surface area contributed by atoms with Crippen LogP contribution in [0.4, 0.5) is 0 Å². The summed E-state index contributed by atoms with van der Waals surface area (Å²) in [5.41, 5.74) is 0. The molecule has 4 nitrogen and oxygen atoms in total. The van der Waals surface area contributed by atoms with Crippen molar-refractivity contribution in [2.45, 2.75) is 18.9 Å². The molecule has 0 unspecified atom stereocenters. The molecule has 2 heterocycles. The van der Waals surface area contributed by atoms with Crippen LogP contribution in [0, 0.1) is 5.92 Å². The average Bonchev–Trinajstić information content (AvgIpc) is 2.86. The molecule has 1 aromatic carbocycles. The summed E-state index contributed by atoms with van der Waals surface area (Å²) in [7, 11) is 0. The maximum absolute atomic E-state index is 12.1. The van der Waals surface area contributed by atoms with Gasteiger partial charge in [0.05, 0.1) is 13.1 Å². The lowest BCUT2D eigenvalue weighted by atomic mass is 10.0. The van der Waals surface area contributed by atoms with E-state index in [1.165, 1.54) is 0 Å². The van der Waals surface area contributed by atoms with Gasteiger partial charge in [-0.05, 0) is 43.6 Å². The summed E-state index contributed by atoms with van der Waals surface area (Å²) >= 11 is 5.91. The van der Waals surface area contributed by atoms with Crippen LogP contribution in [-0.4, -0.2) is 43.1 Å². The Hall–Kier alpha value is -1.26. The van der Waals surface area contributed by atoms with Gasteiger partial charge in [-0.15, -0.1) is 0 Å². The van der Waals surface area contributed by atoms with E-state index >= 15 is 0 Å². The van der Waals surface area contributed by atoms with E-state index in [2.05, 4.69) is 5.32 Å². The van der Waals surface area contributed by atoms with Crippen LogP contribution in [0.2, 0.25) is 5.02 Å². The summed E-state index contributed by atoms with van der Waals surface area (Å²) in [6.45, 7) is 3.39. The van der Waals surface area contributed by atoms with E-state index in [1.54, 1.807) is 6.07 Å². The van der Waals surface area contributed by atoms with Gasteiger partial charge in [0.1, 0.15) is 11.9 Å². The fourth-order valence-electron chi connectivity index (χ4n) is 2.71. The van der Waals surface area contributed by atoms with Crippen LogP contribution in [0.25, 0.3) is 0 Å². The average molecular weight is 295 g/mol. The number of carbonyl (C=O) groups excluding carboxylic acids is 1. The smallest absolute Gasteiger partial charge is 0.223 e. The van der Waals surface area contributed by atoms with Crippen LogP contribution in [0.15, 0.2) is 24.3 Å². The molecule has 1 amide bonds. The highest BCUT2D eigenvalue weighted by atomic mass is 35.5. The van der Waals surface area contributed by atoms with Gasteiger partial charge in [0, 0.05) is 11.4 Å². The van der Waals surface area contributed by atoms with Crippen LogP contribution in [0.1, 0.15) is 12.8 Å². The molecule has 1 aromatic rings. The highest BCUT2D eigenvalue weighted by molar-refractivity contribution is 6.30. The van der Waals surface area contributed by atoms with Gasteiger partial charge in [0.25, 0.3) is 0 Å². The van der Waals surface area contributed by atoms with Gasteiger partial charge >= 0.3 is 0 Å². The molecule has 20 heavy (non-hydrogen) atoms. The number of amides is 1. The zero-order chi connectivity index (χ0) is 13.9. The molecule has 2 aliphatic rings. The second-order valence-corrected chi connectivity index (χ2v) is 6.00. The SMILES string of the molecule is O=C(C[C@@H]1CCNC1)N1CC(Oc2cccc(Cl)c2)C1. The molecule has 1 atom stereocenters. The van der Waals surface area contributed by atoms with Crippen LogP contribution >= 0.6 is 11.6 Å². The van der Waals surface area contributed by atoms with E-state index in [0.29, 0.717) is 30.5 Å². The van der Waals surface area contributed by atoms with Crippen molar-refractivity contribution in [3.8, 4) is 5.75 Å². The van der Waals surface area contributed by atoms with E-state index in [9.17, 15) is 4.79 Å². The molecule has 5 heteroatoms. The Bertz CT molecular complexity index is 483. The predicted octanol–water partition coefficient (Wildman–Crippen LogP) is 1.93. The van der Waals surface area contributed by atoms with Crippen LogP contribution in [0.5, 0.6) is 5.75 Å². The highest BCUT2D eigenvalue weighted by Crippen LogP contribution is 2.23. The largest absolute Gasteiger partial charge is 0.487 e. The van der Waals surface area contributed by atoms with E-state index in [-0.39, 0.29) is 12.0 Å². The molecular weight excluding hydrogens is 276 g/mol. The maximum atomic E-state index is 12.1. The normalized spacial score (nSPS) is 22.6. The number of likely N-dealkylation sites (tertiary alicyclic amines) is 1. The molecule has 0 bridgehead atoms. The minimum Gasteiger partial charge on any atom is -0.487 e. The van der Waals surface area contributed by atoms with E-state index in [4.69, 9.17) is 16.3 Å². The van der Waals surface area contributed by atoms with Crippen LogP contribution in [-0.2, 0) is 4.79 Å². The summed E-state index contributed by atoms with van der Waals surface area (Å²) in [6, 6.07) is 7.38. The first kappa shape index (κ1) is 13.7. The van der Waals surface area contributed by atoms with E-state index in [0.717, 1.165) is 25.3 Å². The van der Waals surface area contributed by atoms with Crippen molar-refractivity contribution >= 4 is 17.5 Å². The molecule has 108 valence electrons. The molecule has 0 aliphatic carbocycles. The third-order valence-electron chi connectivity index (χ3n) is 3.93. The fourth-order valence-corrected chi connectivity index (χ4v) is 2.89. The Morgan fingerprint density at radius 2 is 2.30 bits per heavy atom. The van der Waals surface area contributed by atoms with Crippen molar-refractivity contribution in [3.63, 3.8) is 0 Å². The molecule has 0 aromatic heterocycles. The Balaban J connectivity index is 1.43. The van der Waals surface area contributed by atoms with Crippen LogP contribution < -0.4 is 10.1 Å². The minimum absolute atomic E-state index is 0.0964. The lowest BCUT2D eigenvalue weighted by Gasteiger charge is -2.39. The first-order chi connectivity index (χ1) is 9.70. The number of carbonyl (C=O) groups is 1. The predicted molar refractivity (Wildman–Crippen MR) is 78.0 cm³/mol. The molecule has 0 spiro atoms. The number of hydrogen-bond donors (Lipinski definition) is 1. The van der Waals surface area contributed by atoms with Crippen molar-refractivity contribution in [3.05, 3.63) is 29.3 Å².